The standard InChI is InChI=1S/C17H22N2O4S/c20-17(11-12-5-6-12)19-9-7-13-14(8-10-19)23-15-3-1-2-4-16(15)24(21,22)18-13/h1-4,12-14,18H,5-11H2/t13-,14-/m0/s1. The van der Waals surface area contributed by atoms with Gasteiger partial charge >= 0.3 is 0 Å². The number of carbonyl (C=O) groups is 1. The Morgan fingerprint density at radius 3 is 2.71 bits per heavy atom. The third-order valence-electron chi connectivity index (χ3n) is 5.08. The summed E-state index contributed by atoms with van der Waals surface area (Å²) in [6.07, 6.45) is 3.91. The molecule has 0 bridgehead atoms. The molecular weight excluding hydrogens is 328 g/mol. The second-order valence-corrected chi connectivity index (χ2v) is 8.62. The van der Waals surface area contributed by atoms with Gasteiger partial charge in [0.15, 0.2) is 0 Å². The summed E-state index contributed by atoms with van der Waals surface area (Å²) in [7, 11) is -3.59. The molecule has 0 aromatic heterocycles. The lowest BCUT2D eigenvalue weighted by atomic mass is 10.1. The fourth-order valence-corrected chi connectivity index (χ4v) is 4.93. The summed E-state index contributed by atoms with van der Waals surface area (Å²) in [6.45, 7) is 1.20. The number of amides is 1. The highest BCUT2D eigenvalue weighted by molar-refractivity contribution is 7.89. The molecule has 6 nitrogen and oxygen atoms in total. The SMILES string of the molecule is O=C(CC1CC1)N1CC[C@@H]2NS(=O)(=O)c3ccccc3O[C@H]2CC1. The number of nitrogens with one attached hydrogen (secondary N) is 1. The zero-order chi connectivity index (χ0) is 16.7. The van der Waals surface area contributed by atoms with E-state index in [2.05, 4.69) is 4.72 Å². The van der Waals surface area contributed by atoms with Crippen LogP contribution < -0.4 is 9.46 Å². The van der Waals surface area contributed by atoms with Crippen molar-refractivity contribution >= 4 is 15.9 Å². The average Bonchev–Trinajstić information content (AvgIpc) is 3.37. The molecule has 1 N–H and O–H groups in total. The first kappa shape index (κ1) is 15.9. The van der Waals surface area contributed by atoms with E-state index in [1.165, 1.54) is 0 Å². The number of nitrogens with zero attached hydrogens (tertiary/aromatic N) is 1. The van der Waals surface area contributed by atoms with E-state index in [9.17, 15) is 13.2 Å². The molecule has 130 valence electrons. The number of sulfonamides is 1. The number of hydrogen-bond acceptors (Lipinski definition) is 4. The van der Waals surface area contributed by atoms with E-state index < -0.39 is 10.0 Å². The van der Waals surface area contributed by atoms with Crippen LogP contribution >= 0.6 is 0 Å². The largest absolute Gasteiger partial charge is 0.487 e. The lowest BCUT2D eigenvalue weighted by molar-refractivity contribution is -0.131. The maximum absolute atomic E-state index is 12.6. The summed E-state index contributed by atoms with van der Waals surface area (Å²) < 4.78 is 33.9. The maximum Gasteiger partial charge on any atom is 0.244 e. The molecule has 0 spiro atoms. The molecule has 1 aromatic rings. The molecule has 4 rings (SSSR count). The zero-order valence-electron chi connectivity index (χ0n) is 13.5. The number of para-hydroxylation sites is 1. The van der Waals surface area contributed by atoms with Crippen molar-refractivity contribution in [2.45, 2.75) is 49.1 Å². The average molecular weight is 350 g/mol. The number of fused-ring (bicyclic) bond motifs is 2. The highest BCUT2D eigenvalue weighted by Crippen LogP contribution is 2.34. The third kappa shape index (κ3) is 3.15. The minimum atomic E-state index is -3.59. The Morgan fingerprint density at radius 1 is 1.17 bits per heavy atom. The van der Waals surface area contributed by atoms with Crippen molar-refractivity contribution in [1.29, 1.82) is 0 Å². The van der Waals surface area contributed by atoms with Crippen LogP contribution in [0, 0.1) is 5.92 Å². The molecule has 2 atom stereocenters. The van der Waals surface area contributed by atoms with Crippen LogP contribution in [0.1, 0.15) is 32.1 Å². The molecule has 3 aliphatic rings. The predicted molar refractivity (Wildman–Crippen MR) is 88.1 cm³/mol. The number of likely N-dealkylation sites (tertiary alicyclic amines) is 1. The minimum Gasteiger partial charge on any atom is -0.487 e. The van der Waals surface area contributed by atoms with Gasteiger partial charge in [-0.1, -0.05) is 12.1 Å². The number of benzene rings is 1. The van der Waals surface area contributed by atoms with Gasteiger partial charge in [-0.15, -0.1) is 0 Å². The summed E-state index contributed by atoms with van der Waals surface area (Å²) in [5.41, 5.74) is 0. The summed E-state index contributed by atoms with van der Waals surface area (Å²) >= 11 is 0. The van der Waals surface area contributed by atoms with Crippen LogP contribution in [-0.2, 0) is 14.8 Å². The Morgan fingerprint density at radius 2 is 1.92 bits per heavy atom. The van der Waals surface area contributed by atoms with Crippen molar-refractivity contribution in [1.82, 2.24) is 9.62 Å². The van der Waals surface area contributed by atoms with Crippen molar-refractivity contribution in [2.75, 3.05) is 13.1 Å². The Balaban J connectivity index is 1.53. The van der Waals surface area contributed by atoms with Gasteiger partial charge in [0.05, 0.1) is 6.04 Å². The van der Waals surface area contributed by atoms with Crippen LogP contribution in [0.15, 0.2) is 29.2 Å². The molecule has 1 saturated carbocycles. The van der Waals surface area contributed by atoms with E-state index >= 15 is 0 Å². The summed E-state index contributed by atoms with van der Waals surface area (Å²) in [6, 6.07) is 6.42. The highest BCUT2D eigenvalue weighted by atomic mass is 32.2. The maximum atomic E-state index is 12.6. The molecular formula is C17H22N2O4S. The number of rotatable bonds is 2. The molecule has 2 fully saturated rings. The van der Waals surface area contributed by atoms with Gasteiger partial charge in [-0.3, -0.25) is 4.79 Å². The Bertz CT molecular complexity index is 745. The normalized spacial score (nSPS) is 28.8. The van der Waals surface area contributed by atoms with Crippen LogP contribution in [0.2, 0.25) is 0 Å². The quantitative estimate of drug-likeness (QED) is 0.877. The van der Waals surface area contributed by atoms with Crippen molar-refractivity contribution in [3.8, 4) is 5.75 Å². The van der Waals surface area contributed by atoms with Crippen molar-refractivity contribution < 1.29 is 17.9 Å². The molecule has 1 aromatic carbocycles. The van der Waals surface area contributed by atoms with Crippen molar-refractivity contribution in [3.63, 3.8) is 0 Å². The van der Waals surface area contributed by atoms with Gasteiger partial charge in [-0.25, -0.2) is 13.1 Å². The van der Waals surface area contributed by atoms with Crippen molar-refractivity contribution in [2.24, 2.45) is 5.92 Å². The number of carbonyl (C=O) groups excluding carboxylic acids is 1. The van der Waals surface area contributed by atoms with Crippen LogP contribution in [0.3, 0.4) is 0 Å². The first-order chi connectivity index (χ1) is 11.5. The fraction of sp³-hybridized carbons (Fsp3) is 0.588. The lowest BCUT2D eigenvalue weighted by Gasteiger charge is -2.22. The second-order valence-electron chi connectivity index (χ2n) is 6.94. The fourth-order valence-electron chi connectivity index (χ4n) is 3.50. The van der Waals surface area contributed by atoms with Gasteiger partial charge in [-0.2, -0.15) is 0 Å². The Kier molecular flexibility index (Phi) is 4.00. The topological polar surface area (TPSA) is 75.7 Å². The van der Waals surface area contributed by atoms with Gasteiger partial charge in [0.2, 0.25) is 15.9 Å². The van der Waals surface area contributed by atoms with Crippen molar-refractivity contribution in [3.05, 3.63) is 24.3 Å². The van der Waals surface area contributed by atoms with Gasteiger partial charge in [0, 0.05) is 25.9 Å². The molecule has 0 radical (unpaired) electrons. The highest BCUT2D eigenvalue weighted by Gasteiger charge is 2.37. The predicted octanol–water partition coefficient (Wildman–Crippen LogP) is 1.52. The summed E-state index contributed by atoms with van der Waals surface area (Å²) in [5.74, 6) is 1.15. The van der Waals surface area contributed by atoms with E-state index in [1.54, 1.807) is 24.3 Å². The molecule has 2 aliphatic heterocycles. The third-order valence-corrected chi connectivity index (χ3v) is 6.61. The number of hydrogen-bond donors (Lipinski definition) is 1. The number of ether oxygens (including phenoxy) is 1. The van der Waals surface area contributed by atoms with E-state index in [0.717, 1.165) is 12.8 Å². The second kappa shape index (κ2) is 6.04. The Hall–Kier alpha value is -1.60. The molecule has 1 saturated heterocycles. The zero-order valence-corrected chi connectivity index (χ0v) is 14.3. The molecule has 1 aliphatic carbocycles. The summed E-state index contributed by atoms with van der Waals surface area (Å²) in [4.78, 5) is 14.4. The van der Waals surface area contributed by atoms with Gasteiger partial charge in [0.1, 0.15) is 16.7 Å². The van der Waals surface area contributed by atoms with Crippen LogP contribution in [0.4, 0.5) is 0 Å². The molecule has 1 amide bonds. The van der Waals surface area contributed by atoms with E-state index in [4.69, 9.17) is 4.74 Å². The smallest absolute Gasteiger partial charge is 0.244 e. The van der Waals surface area contributed by atoms with Crippen LogP contribution in [0.25, 0.3) is 0 Å². The molecule has 0 unspecified atom stereocenters. The first-order valence-electron chi connectivity index (χ1n) is 8.59. The molecule has 7 heteroatoms. The van der Waals surface area contributed by atoms with E-state index in [1.807, 2.05) is 4.90 Å². The van der Waals surface area contributed by atoms with E-state index in [-0.39, 0.29) is 22.9 Å². The molecule has 2 heterocycles. The van der Waals surface area contributed by atoms with Gasteiger partial charge in [0.25, 0.3) is 0 Å². The van der Waals surface area contributed by atoms with Gasteiger partial charge in [-0.05, 0) is 37.3 Å². The first-order valence-corrected chi connectivity index (χ1v) is 10.1. The van der Waals surface area contributed by atoms with Crippen LogP contribution in [-0.4, -0.2) is 44.5 Å². The van der Waals surface area contributed by atoms with Gasteiger partial charge < -0.3 is 9.64 Å². The van der Waals surface area contributed by atoms with Crippen LogP contribution in [0.5, 0.6) is 5.75 Å². The monoisotopic (exact) mass is 350 g/mol. The minimum absolute atomic E-state index is 0.192. The molecule has 24 heavy (non-hydrogen) atoms. The van der Waals surface area contributed by atoms with E-state index in [0.29, 0.717) is 44.0 Å². The summed E-state index contributed by atoms with van der Waals surface area (Å²) in [5, 5.41) is 0. The Labute approximate surface area is 142 Å². The lowest BCUT2D eigenvalue weighted by Crippen LogP contribution is -2.43.